The molecule has 3 aromatic rings. The number of para-hydroxylation sites is 1. The molecular weight excluding hydrogens is 361 g/mol. The van der Waals surface area contributed by atoms with Crippen LogP contribution in [0.2, 0.25) is 10.0 Å². The third kappa shape index (κ3) is 3.90. The Balaban J connectivity index is 1.93. The van der Waals surface area contributed by atoms with Gasteiger partial charge in [0, 0.05) is 30.0 Å². The quantitative estimate of drug-likeness (QED) is 0.655. The van der Waals surface area contributed by atoms with Gasteiger partial charge in [-0.05, 0) is 24.3 Å². The van der Waals surface area contributed by atoms with Crippen molar-refractivity contribution in [2.24, 2.45) is 0 Å². The Morgan fingerprint density at radius 2 is 1.88 bits per heavy atom. The molecule has 0 aliphatic carbocycles. The first kappa shape index (κ1) is 17.2. The highest BCUT2D eigenvalue weighted by atomic mass is 35.5. The van der Waals surface area contributed by atoms with Crippen molar-refractivity contribution in [2.75, 3.05) is 11.9 Å². The van der Waals surface area contributed by atoms with Gasteiger partial charge in [-0.25, -0.2) is 9.97 Å². The number of amides is 1. The van der Waals surface area contributed by atoms with Crippen molar-refractivity contribution in [3.05, 3.63) is 76.7 Å². The van der Waals surface area contributed by atoms with E-state index in [1.165, 1.54) is 17.4 Å². The number of nitrogens with zero attached hydrogens (tertiary/aromatic N) is 3. The molecule has 0 atom stereocenters. The maximum Gasteiger partial charge on any atom is 0.265 e. The van der Waals surface area contributed by atoms with Crippen LogP contribution in [-0.4, -0.2) is 22.9 Å². The van der Waals surface area contributed by atoms with Crippen LogP contribution >= 0.6 is 23.2 Å². The van der Waals surface area contributed by atoms with E-state index in [0.717, 1.165) is 5.69 Å². The standard InChI is InChI=1S/C18H13Cl2N3O2/c1-23(13-5-3-2-4-6-13)18(24)14-10-21-11-22-17(14)25-16-9-12(19)7-8-15(16)20/h2-11H,1H3. The summed E-state index contributed by atoms with van der Waals surface area (Å²) >= 11 is 12.1. The molecule has 5 nitrogen and oxygen atoms in total. The number of hydrogen-bond acceptors (Lipinski definition) is 4. The van der Waals surface area contributed by atoms with Crippen molar-refractivity contribution in [1.29, 1.82) is 0 Å². The predicted octanol–water partition coefficient (Wildman–Crippen LogP) is 4.85. The largest absolute Gasteiger partial charge is 0.436 e. The zero-order chi connectivity index (χ0) is 17.8. The van der Waals surface area contributed by atoms with Crippen molar-refractivity contribution in [2.45, 2.75) is 0 Å². The molecule has 1 heterocycles. The van der Waals surface area contributed by atoms with Gasteiger partial charge in [-0.2, -0.15) is 0 Å². The fourth-order valence-corrected chi connectivity index (χ4v) is 2.47. The fourth-order valence-electron chi connectivity index (χ4n) is 2.16. The average Bonchev–Trinajstić information content (AvgIpc) is 2.65. The van der Waals surface area contributed by atoms with Crippen molar-refractivity contribution in [3.63, 3.8) is 0 Å². The first-order chi connectivity index (χ1) is 12.1. The number of anilines is 1. The molecule has 0 fully saturated rings. The van der Waals surface area contributed by atoms with Crippen molar-refractivity contribution >= 4 is 34.8 Å². The minimum Gasteiger partial charge on any atom is -0.436 e. The lowest BCUT2D eigenvalue weighted by Gasteiger charge is -2.18. The fraction of sp³-hybridized carbons (Fsp3) is 0.0556. The first-order valence-electron chi connectivity index (χ1n) is 7.32. The van der Waals surface area contributed by atoms with Gasteiger partial charge in [-0.1, -0.05) is 41.4 Å². The van der Waals surface area contributed by atoms with E-state index in [9.17, 15) is 4.79 Å². The van der Waals surface area contributed by atoms with Gasteiger partial charge in [0.25, 0.3) is 5.91 Å². The molecule has 126 valence electrons. The lowest BCUT2D eigenvalue weighted by molar-refractivity contribution is 0.0989. The number of hydrogen-bond donors (Lipinski definition) is 0. The Labute approximate surface area is 154 Å². The predicted molar refractivity (Wildman–Crippen MR) is 97.7 cm³/mol. The maximum absolute atomic E-state index is 12.8. The number of aromatic nitrogens is 2. The van der Waals surface area contributed by atoms with E-state index >= 15 is 0 Å². The highest BCUT2D eigenvalue weighted by Gasteiger charge is 2.20. The number of carbonyl (C=O) groups is 1. The van der Waals surface area contributed by atoms with E-state index < -0.39 is 0 Å². The van der Waals surface area contributed by atoms with Crippen LogP contribution < -0.4 is 9.64 Å². The molecule has 0 N–H and O–H groups in total. The van der Waals surface area contributed by atoms with Gasteiger partial charge < -0.3 is 9.64 Å². The molecule has 0 saturated carbocycles. The topological polar surface area (TPSA) is 55.3 Å². The zero-order valence-electron chi connectivity index (χ0n) is 13.2. The normalized spacial score (nSPS) is 10.4. The van der Waals surface area contributed by atoms with Gasteiger partial charge in [-0.3, -0.25) is 4.79 Å². The van der Waals surface area contributed by atoms with Crippen LogP contribution in [0.3, 0.4) is 0 Å². The van der Waals surface area contributed by atoms with E-state index in [2.05, 4.69) is 9.97 Å². The molecule has 0 aliphatic heterocycles. The number of benzene rings is 2. The summed E-state index contributed by atoms with van der Waals surface area (Å²) in [5.74, 6) is 0.108. The van der Waals surface area contributed by atoms with E-state index in [-0.39, 0.29) is 17.4 Å². The van der Waals surface area contributed by atoms with Crippen molar-refractivity contribution in [1.82, 2.24) is 9.97 Å². The summed E-state index contributed by atoms with van der Waals surface area (Å²) < 4.78 is 5.71. The molecule has 0 unspecified atom stereocenters. The summed E-state index contributed by atoms with van der Waals surface area (Å²) in [5, 5.41) is 0.820. The average molecular weight is 374 g/mol. The van der Waals surface area contributed by atoms with Crippen LogP contribution in [0.5, 0.6) is 11.6 Å². The number of halogens is 2. The monoisotopic (exact) mass is 373 g/mol. The SMILES string of the molecule is CN(C(=O)c1cncnc1Oc1cc(Cl)ccc1Cl)c1ccccc1. The van der Waals surface area contributed by atoms with Gasteiger partial charge in [0.1, 0.15) is 17.6 Å². The summed E-state index contributed by atoms with van der Waals surface area (Å²) in [6.07, 6.45) is 2.70. The molecule has 1 aromatic heterocycles. The first-order valence-corrected chi connectivity index (χ1v) is 8.08. The van der Waals surface area contributed by atoms with Gasteiger partial charge in [0.15, 0.2) is 0 Å². The second kappa shape index (κ2) is 7.51. The number of carbonyl (C=O) groups excluding carboxylic acids is 1. The van der Waals surface area contributed by atoms with E-state index in [0.29, 0.717) is 15.8 Å². The molecule has 0 spiro atoms. The highest BCUT2D eigenvalue weighted by molar-refractivity contribution is 6.34. The molecule has 2 aromatic carbocycles. The molecule has 3 rings (SSSR count). The number of rotatable bonds is 4. The number of ether oxygens (including phenoxy) is 1. The maximum atomic E-state index is 12.8. The third-order valence-corrected chi connectivity index (χ3v) is 4.00. The van der Waals surface area contributed by atoms with Crippen LogP contribution in [0.15, 0.2) is 61.1 Å². The van der Waals surface area contributed by atoms with Crippen LogP contribution in [0.25, 0.3) is 0 Å². The van der Waals surface area contributed by atoms with Crippen LogP contribution in [0.4, 0.5) is 5.69 Å². The highest BCUT2D eigenvalue weighted by Crippen LogP contribution is 2.32. The Bertz CT molecular complexity index is 904. The summed E-state index contributed by atoms with van der Waals surface area (Å²) in [6.45, 7) is 0. The van der Waals surface area contributed by atoms with Crippen molar-refractivity contribution < 1.29 is 9.53 Å². The second-order valence-electron chi connectivity index (χ2n) is 5.12. The molecule has 1 amide bonds. The third-order valence-electron chi connectivity index (χ3n) is 3.45. The minimum absolute atomic E-state index is 0.104. The van der Waals surface area contributed by atoms with E-state index in [4.69, 9.17) is 27.9 Å². The van der Waals surface area contributed by atoms with Crippen LogP contribution in [0, 0.1) is 0 Å². The molecule has 7 heteroatoms. The van der Waals surface area contributed by atoms with Crippen LogP contribution in [-0.2, 0) is 0 Å². The Morgan fingerprint density at radius 3 is 2.64 bits per heavy atom. The van der Waals surface area contributed by atoms with Gasteiger partial charge >= 0.3 is 0 Å². The lowest BCUT2D eigenvalue weighted by atomic mass is 10.2. The summed E-state index contributed by atoms with van der Waals surface area (Å²) in [7, 11) is 1.67. The van der Waals surface area contributed by atoms with Gasteiger partial charge in [-0.15, -0.1) is 0 Å². The summed E-state index contributed by atoms with van der Waals surface area (Å²) in [6, 6.07) is 14.0. The molecule has 0 radical (unpaired) electrons. The smallest absolute Gasteiger partial charge is 0.265 e. The Hall–Kier alpha value is -2.63. The minimum atomic E-state index is -0.306. The molecule has 25 heavy (non-hydrogen) atoms. The zero-order valence-corrected chi connectivity index (χ0v) is 14.7. The lowest BCUT2D eigenvalue weighted by Crippen LogP contribution is -2.26. The van der Waals surface area contributed by atoms with E-state index in [1.54, 1.807) is 25.2 Å². The Morgan fingerprint density at radius 1 is 1.12 bits per heavy atom. The van der Waals surface area contributed by atoms with Gasteiger partial charge in [0.2, 0.25) is 5.88 Å². The second-order valence-corrected chi connectivity index (χ2v) is 5.96. The summed E-state index contributed by atoms with van der Waals surface area (Å²) in [5.41, 5.74) is 0.952. The molecule has 0 saturated heterocycles. The van der Waals surface area contributed by atoms with E-state index in [1.807, 2.05) is 30.3 Å². The molecular formula is C18H13Cl2N3O2. The Kier molecular flexibility index (Phi) is 5.16. The van der Waals surface area contributed by atoms with Crippen molar-refractivity contribution in [3.8, 4) is 11.6 Å². The molecule has 0 bridgehead atoms. The van der Waals surface area contributed by atoms with Crippen LogP contribution in [0.1, 0.15) is 10.4 Å². The van der Waals surface area contributed by atoms with Gasteiger partial charge in [0.05, 0.1) is 5.02 Å². The molecule has 0 aliphatic rings. The summed E-state index contributed by atoms with van der Waals surface area (Å²) in [4.78, 5) is 22.3.